The molecule has 6 heteroatoms. The number of ketones is 1. The summed E-state index contributed by atoms with van der Waals surface area (Å²) in [7, 11) is 0. The number of rotatable bonds is 5. The predicted molar refractivity (Wildman–Crippen MR) is 70.7 cm³/mol. The summed E-state index contributed by atoms with van der Waals surface area (Å²) in [6.07, 6.45) is 0. The minimum absolute atomic E-state index is 0.193. The number of anilines is 1. The van der Waals surface area contributed by atoms with Crippen LogP contribution in [-0.2, 0) is 9.53 Å². The van der Waals surface area contributed by atoms with Gasteiger partial charge in [0.05, 0.1) is 17.9 Å². The highest BCUT2D eigenvalue weighted by Crippen LogP contribution is 2.31. The fourth-order valence-electron chi connectivity index (χ4n) is 1.37. The third-order valence-electron chi connectivity index (χ3n) is 2.10. The average molecular weight is 316 g/mol. The normalized spacial score (nSPS) is 9.94. The van der Waals surface area contributed by atoms with Gasteiger partial charge in [-0.15, -0.1) is 0 Å². The smallest absolute Gasteiger partial charge is 0.344 e. The Kier molecular flexibility index (Phi) is 5.15. The van der Waals surface area contributed by atoms with Gasteiger partial charge in [-0.05, 0) is 26.0 Å². The minimum atomic E-state index is -0.505. The van der Waals surface area contributed by atoms with Gasteiger partial charge in [0.25, 0.3) is 0 Å². The largest absolute Gasteiger partial charge is 0.479 e. The Bertz CT molecular complexity index is 473. The maximum Gasteiger partial charge on any atom is 0.344 e. The summed E-state index contributed by atoms with van der Waals surface area (Å²) in [4.78, 5) is 22.7. The predicted octanol–water partition coefficient (Wildman–Crippen LogP) is 2.18. The van der Waals surface area contributed by atoms with Crippen molar-refractivity contribution in [3.63, 3.8) is 0 Å². The molecule has 0 unspecified atom stereocenters. The van der Waals surface area contributed by atoms with Gasteiger partial charge >= 0.3 is 5.97 Å². The molecule has 0 aliphatic rings. The monoisotopic (exact) mass is 315 g/mol. The first kappa shape index (κ1) is 14.5. The first-order chi connectivity index (χ1) is 8.45. The molecule has 0 spiro atoms. The van der Waals surface area contributed by atoms with Crippen molar-refractivity contribution in [3.05, 3.63) is 22.2 Å². The van der Waals surface area contributed by atoms with Gasteiger partial charge in [-0.3, -0.25) is 4.79 Å². The van der Waals surface area contributed by atoms with Crippen molar-refractivity contribution in [1.82, 2.24) is 0 Å². The molecule has 2 N–H and O–H groups in total. The molecule has 0 amide bonds. The Balaban J connectivity index is 2.93. The number of hydrogen-bond acceptors (Lipinski definition) is 5. The molecule has 0 saturated heterocycles. The van der Waals surface area contributed by atoms with E-state index in [0.717, 1.165) is 0 Å². The molecule has 0 heterocycles. The van der Waals surface area contributed by atoms with Crippen LogP contribution in [-0.4, -0.2) is 25.0 Å². The number of nitrogens with two attached hydrogens (primary N) is 1. The molecule has 0 aromatic heterocycles. The Labute approximate surface area is 113 Å². The summed E-state index contributed by atoms with van der Waals surface area (Å²) >= 11 is 3.24. The van der Waals surface area contributed by atoms with Crippen LogP contribution in [0.4, 0.5) is 5.69 Å². The van der Waals surface area contributed by atoms with Crippen LogP contribution >= 0.6 is 15.9 Å². The van der Waals surface area contributed by atoms with E-state index in [4.69, 9.17) is 15.2 Å². The lowest BCUT2D eigenvalue weighted by Gasteiger charge is -2.12. The van der Waals surface area contributed by atoms with Crippen molar-refractivity contribution in [2.45, 2.75) is 13.8 Å². The number of carbonyl (C=O) groups is 2. The topological polar surface area (TPSA) is 78.6 Å². The van der Waals surface area contributed by atoms with Crippen LogP contribution < -0.4 is 10.5 Å². The molecule has 0 atom stereocenters. The van der Waals surface area contributed by atoms with Crippen LogP contribution in [0.1, 0.15) is 24.2 Å². The van der Waals surface area contributed by atoms with Crippen molar-refractivity contribution in [2.24, 2.45) is 0 Å². The number of halogens is 1. The van der Waals surface area contributed by atoms with Gasteiger partial charge in [-0.2, -0.15) is 0 Å². The van der Waals surface area contributed by atoms with E-state index in [0.29, 0.717) is 15.7 Å². The van der Waals surface area contributed by atoms with E-state index in [2.05, 4.69) is 15.9 Å². The lowest BCUT2D eigenvalue weighted by Crippen LogP contribution is -2.16. The molecule has 0 aliphatic heterocycles. The number of Topliss-reactive ketones (excluding diaryl/α,β-unsaturated/α-hetero) is 1. The van der Waals surface area contributed by atoms with Gasteiger partial charge in [0.1, 0.15) is 0 Å². The fraction of sp³-hybridized carbons (Fsp3) is 0.333. The van der Waals surface area contributed by atoms with Crippen molar-refractivity contribution in [2.75, 3.05) is 18.9 Å². The molecule has 1 aromatic carbocycles. The second kappa shape index (κ2) is 6.39. The molecule has 18 heavy (non-hydrogen) atoms. The number of hydrogen-bond donors (Lipinski definition) is 1. The van der Waals surface area contributed by atoms with E-state index in [1.165, 1.54) is 6.92 Å². The maximum absolute atomic E-state index is 11.5. The van der Waals surface area contributed by atoms with Crippen molar-refractivity contribution < 1.29 is 19.1 Å². The zero-order valence-corrected chi connectivity index (χ0v) is 11.7. The second-order valence-corrected chi connectivity index (χ2v) is 4.44. The summed E-state index contributed by atoms with van der Waals surface area (Å²) in [5.74, 6) is -0.491. The molecular formula is C12H14BrNO4. The Hall–Kier alpha value is -1.56. The average Bonchev–Trinajstić information content (AvgIpc) is 2.27. The molecule has 0 aliphatic carbocycles. The molecule has 98 valence electrons. The zero-order chi connectivity index (χ0) is 13.7. The van der Waals surface area contributed by atoms with Gasteiger partial charge in [0.15, 0.2) is 18.1 Å². The van der Waals surface area contributed by atoms with E-state index in [1.54, 1.807) is 19.1 Å². The van der Waals surface area contributed by atoms with Crippen LogP contribution in [0.2, 0.25) is 0 Å². The van der Waals surface area contributed by atoms with Crippen molar-refractivity contribution >= 4 is 33.4 Å². The summed E-state index contributed by atoms with van der Waals surface area (Å²) in [5, 5.41) is 0. The maximum atomic E-state index is 11.5. The zero-order valence-electron chi connectivity index (χ0n) is 10.2. The summed E-state index contributed by atoms with van der Waals surface area (Å²) in [5.41, 5.74) is 6.38. The molecule has 5 nitrogen and oxygen atoms in total. The van der Waals surface area contributed by atoms with Crippen LogP contribution in [0.3, 0.4) is 0 Å². The van der Waals surface area contributed by atoms with E-state index < -0.39 is 5.97 Å². The SMILES string of the molecule is CCOC(=O)COc1c(N)cc(Br)cc1C(C)=O. The molecule has 0 saturated carbocycles. The van der Waals surface area contributed by atoms with E-state index in [-0.39, 0.29) is 24.7 Å². The second-order valence-electron chi connectivity index (χ2n) is 3.52. The standard InChI is InChI=1S/C12H14BrNO4/c1-3-17-11(16)6-18-12-9(7(2)15)4-8(13)5-10(12)14/h4-5H,3,6,14H2,1-2H3. The van der Waals surface area contributed by atoms with Gasteiger partial charge < -0.3 is 15.2 Å². The number of ether oxygens (including phenoxy) is 2. The van der Waals surface area contributed by atoms with Gasteiger partial charge in [0, 0.05) is 4.47 Å². The lowest BCUT2D eigenvalue weighted by atomic mass is 10.1. The highest BCUT2D eigenvalue weighted by molar-refractivity contribution is 9.10. The molecule has 0 bridgehead atoms. The Morgan fingerprint density at radius 3 is 2.61 bits per heavy atom. The molecule has 1 rings (SSSR count). The van der Waals surface area contributed by atoms with Crippen LogP contribution in [0, 0.1) is 0 Å². The van der Waals surface area contributed by atoms with Crippen molar-refractivity contribution in [3.8, 4) is 5.75 Å². The fourth-order valence-corrected chi connectivity index (χ4v) is 1.85. The number of carbonyl (C=O) groups excluding carboxylic acids is 2. The van der Waals surface area contributed by atoms with E-state index in [9.17, 15) is 9.59 Å². The van der Waals surface area contributed by atoms with E-state index in [1.807, 2.05) is 0 Å². The number of nitrogen functional groups attached to an aromatic ring is 1. The lowest BCUT2D eigenvalue weighted by molar-refractivity contribution is -0.145. The minimum Gasteiger partial charge on any atom is -0.479 e. The number of benzene rings is 1. The molecule has 0 fully saturated rings. The van der Waals surface area contributed by atoms with Gasteiger partial charge in [-0.1, -0.05) is 15.9 Å². The molecule has 1 aromatic rings. The quantitative estimate of drug-likeness (QED) is 0.512. The number of esters is 1. The summed E-state index contributed by atoms with van der Waals surface area (Å²) in [6, 6.07) is 3.20. The molecular weight excluding hydrogens is 302 g/mol. The van der Waals surface area contributed by atoms with Gasteiger partial charge in [0.2, 0.25) is 0 Å². The third-order valence-corrected chi connectivity index (χ3v) is 2.56. The summed E-state index contributed by atoms with van der Waals surface area (Å²) < 4.78 is 10.7. The summed E-state index contributed by atoms with van der Waals surface area (Å²) in [6.45, 7) is 3.10. The van der Waals surface area contributed by atoms with Crippen LogP contribution in [0.25, 0.3) is 0 Å². The highest BCUT2D eigenvalue weighted by atomic mass is 79.9. The first-order valence-electron chi connectivity index (χ1n) is 5.34. The van der Waals surface area contributed by atoms with Crippen molar-refractivity contribution in [1.29, 1.82) is 0 Å². The highest BCUT2D eigenvalue weighted by Gasteiger charge is 2.15. The Morgan fingerprint density at radius 1 is 1.39 bits per heavy atom. The van der Waals surface area contributed by atoms with Crippen LogP contribution in [0.15, 0.2) is 16.6 Å². The van der Waals surface area contributed by atoms with Gasteiger partial charge in [-0.25, -0.2) is 4.79 Å². The first-order valence-corrected chi connectivity index (χ1v) is 6.13. The third kappa shape index (κ3) is 3.73. The van der Waals surface area contributed by atoms with E-state index >= 15 is 0 Å². The Morgan fingerprint density at radius 2 is 2.06 bits per heavy atom. The van der Waals surface area contributed by atoms with Crippen LogP contribution in [0.5, 0.6) is 5.75 Å². The molecule has 0 radical (unpaired) electrons.